The van der Waals surface area contributed by atoms with E-state index in [1.807, 2.05) is 26.0 Å². The van der Waals surface area contributed by atoms with Crippen LogP contribution in [-0.4, -0.2) is 44.2 Å². The van der Waals surface area contributed by atoms with Crippen LogP contribution in [0.2, 0.25) is 5.02 Å². The summed E-state index contributed by atoms with van der Waals surface area (Å²) in [6, 6.07) is 12.3. The number of carbonyl (C=O) groups is 1. The van der Waals surface area contributed by atoms with Crippen molar-refractivity contribution < 1.29 is 19.0 Å². The van der Waals surface area contributed by atoms with E-state index < -0.39 is 0 Å². The number of nitrogens with zero attached hydrogens (tertiary/aromatic N) is 1. The summed E-state index contributed by atoms with van der Waals surface area (Å²) in [7, 11) is 3.29. The average Bonchev–Trinajstić information content (AvgIpc) is 2.61. The number of hydrogen-bond acceptors (Lipinski definition) is 4. The van der Waals surface area contributed by atoms with Crippen LogP contribution in [0.3, 0.4) is 0 Å². The first-order valence-electron chi connectivity index (χ1n) is 8.39. The fraction of sp³-hybridized carbons (Fsp3) is 0.350. The van der Waals surface area contributed by atoms with E-state index in [-0.39, 0.29) is 12.0 Å². The van der Waals surface area contributed by atoms with Crippen molar-refractivity contribution in [2.45, 2.75) is 20.0 Å². The van der Waals surface area contributed by atoms with E-state index in [0.717, 1.165) is 0 Å². The van der Waals surface area contributed by atoms with Crippen molar-refractivity contribution in [3.63, 3.8) is 0 Å². The highest BCUT2D eigenvalue weighted by Crippen LogP contribution is 2.29. The molecule has 0 aliphatic heterocycles. The maximum absolute atomic E-state index is 12.6. The number of hydrogen-bond donors (Lipinski definition) is 0. The van der Waals surface area contributed by atoms with Gasteiger partial charge < -0.3 is 19.1 Å². The Hall–Kier alpha value is -2.40. The number of carbonyl (C=O) groups excluding carboxylic acids is 1. The molecule has 0 bridgehead atoms. The van der Waals surface area contributed by atoms with Gasteiger partial charge in [-0.05, 0) is 50.2 Å². The molecule has 0 aliphatic rings. The third kappa shape index (κ3) is 5.56. The molecule has 0 aliphatic carbocycles. The Morgan fingerprint density at radius 2 is 1.92 bits per heavy atom. The quantitative estimate of drug-likeness (QED) is 0.688. The van der Waals surface area contributed by atoms with Crippen molar-refractivity contribution >= 4 is 17.5 Å². The van der Waals surface area contributed by atoms with Crippen LogP contribution in [0.1, 0.15) is 24.2 Å². The van der Waals surface area contributed by atoms with Crippen LogP contribution in [-0.2, 0) is 0 Å². The lowest BCUT2D eigenvalue weighted by molar-refractivity contribution is 0.0773. The highest BCUT2D eigenvalue weighted by molar-refractivity contribution is 6.30. The summed E-state index contributed by atoms with van der Waals surface area (Å²) < 4.78 is 16.6. The second-order valence-electron chi connectivity index (χ2n) is 6.06. The summed E-state index contributed by atoms with van der Waals surface area (Å²) in [4.78, 5) is 14.2. The summed E-state index contributed by atoms with van der Waals surface area (Å²) in [6.07, 6.45) is 0.0248. The maximum atomic E-state index is 12.6. The lowest BCUT2D eigenvalue weighted by Crippen LogP contribution is -2.30. The zero-order valence-corrected chi connectivity index (χ0v) is 16.2. The predicted octanol–water partition coefficient (Wildman–Crippen LogP) is 4.29. The summed E-state index contributed by atoms with van der Waals surface area (Å²) >= 11 is 5.92. The Morgan fingerprint density at radius 3 is 2.58 bits per heavy atom. The molecule has 0 fully saturated rings. The molecular formula is C20H24ClNO4. The SMILES string of the molecule is COc1cc(C(=O)N(C)CCOc2cccc(Cl)c2)ccc1OC(C)C. The number of benzene rings is 2. The molecule has 0 spiro atoms. The Labute approximate surface area is 159 Å². The highest BCUT2D eigenvalue weighted by atomic mass is 35.5. The Bertz CT molecular complexity index is 748. The summed E-state index contributed by atoms with van der Waals surface area (Å²) in [6.45, 7) is 4.69. The zero-order chi connectivity index (χ0) is 19.1. The summed E-state index contributed by atoms with van der Waals surface area (Å²) in [5, 5.41) is 0.614. The smallest absolute Gasteiger partial charge is 0.253 e. The van der Waals surface area contributed by atoms with Gasteiger partial charge in [-0.15, -0.1) is 0 Å². The molecule has 0 saturated heterocycles. The standard InChI is InChI=1S/C20H24ClNO4/c1-14(2)26-18-9-8-15(12-19(18)24-4)20(23)22(3)10-11-25-17-7-5-6-16(21)13-17/h5-9,12-14H,10-11H2,1-4H3. The van der Waals surface area contributed by atoms with Gasteiger partial charge in [0.2, 0.25) is 0 Å². The summed E-state index contributed by atoms with van der Waals surface area (Å²) in [5.41, 5.74) is 0.531. The van der Waals surface area contributed by atoms with Gasteiger partial charge in [0.1, 0.15) is 12.4 Å². The fourth-order valence-electron chi connectivity index (χ4n) is 2.33. The third-order valence-electron chi connectivity index (χ3n) is 3.61. The molecule has 2 rings (SSSR count). The first-order valence-corrected chi connectivity index (χ1v) is 8.77. The van der Waals surface area contributed by atoms with Crippen molar-refractivity contribution in [1.29, 1.82) is 0 Å². The van der Waals surface area contributed by atoms with Gasteiger partial charge in [0.05, 0.1) is 19.8 Å². The molecule has 1 amide bonds. The van der Waals surface area contributed by atoms with Crippen LogP contribution < -0.4 is 14.2 Å². The molecule has 6 heteroatoms. The molecule has 140 valence electrons. The van der Waals surface area contributed by atoms with Crippen molar-refractivity contribution in [2.24, 2.45) is 0 Å². The number of rotatable bonds is 8. The number of amides is 1. The van der Waals surface area contributed by atoms with Gasteiger partial charge in [-0.1, -0.05) is 17.7 Å². The van der Waals surface area contributed by atoms with Crippen LogP contribution in [0.25, 0.3) is 0 Å². The van der Waals surface area contributed by atoms with E-state index >= 15 is 0 Å². The minimum absolute atomic E-state index is 0.0248. The third-order valence-corrected chi connectivity index (χ3v) is 3.85. The highest BCUT2D eigenvalue weighted by Gasteiger charge is 2.15. The van der Waals surface area contributed by atoms with E-state index in [2.05, 4.69) is 0 Å². The van der Waals surface area contributed by atoms with Gasteiger partial charge in [0.25, 0.3) is 5.91 Å². The monoisotopic (exact) mass is 377 g/mol. The van der Waals surface area contributed by atoms with Crippen molar-refractivity contribution in [1.82, 2.24) is 4.90 Å². The first-order chi connectivity index (χ1) is 12.4. The van der Waals surface area contributed by atoms with Crippen LogP contribution >= 0.6 is 11.6 Å². The minimum atomic E-state index is -0.117. The predicted molar refractivity (Wildman–Crippen MR) is 103 cm³/mol. The molecule has 0 aromatic heterocycles. The van der Waals surface area contributed by atoms with E-state index in [1.165, 1.54) is 0 Å². The lowest BCUT2D eigenvalue weighted by Gasteiger charge is -2.19. The number of likely N-dealkylation sites (N-methyl/N-ethyl adjacent to an activating group) is 1. The van der Waals surface area contributed by atoms with E-state index in [4.69, 9.17) is 25.8 Å². The number of ether oxygens (including phenoxy) is 3. The Balaban J connectivity index is 1.96. The van der Waals surface area contributed by atoms with Gasteiger partial charge in [-0.2, -0.15) is 0 Å². The van der Waals surface area contributed by atoms with Gasteiger partial charge in [0.15, 0.2) is 11.5 Å². The number of halogens is 1. The zero-order valence-electron chi connectivity index (χ0n) is 15.5. The lowest BCUT2D eigenvalue weighted by atomic mass is 10.1. The fourth-order valence-corrected chi connectivity index (χ4v) is 2.51. The topological polar surface area (TPSA) is 48.0 Å². The van der Waals surface area contributed by atoms with Crippen LogP contribution in [0, 0.1) is 0 Å². The van der Waals surface area contributed by atoms with Crippen molar-refractivity contribution in [3.05, 3.63) is 53.1 Å². The number of methoxy groups -OCH3 is 1. The van der Waals surface area contributed by atoms with E-state index in [0.29, 0.717) is 41.0 Å². The molecule has 2 aromatic carbocycles. The molecule has 0 N–H and O–H groups in total. The molecule has 2 aromatic rings. The largest absolute Gasteiger partial charge is 0.493 e. The van der Waals surface area contributed by atoms with Crippen LogP contribution in [0.15, 0.2) is 42.5 Å². The Morgan fingerprint density at radius 1 is 1.15 bits per heavy atom. The second-order valence-corrected chi connectivity index (χ2v) is 6.50. The van der Waals surface area contributed by atoms with Gasteiger partial charge in [0, 0.05) is 17.6 Å². The molecule has 0 heterocycles. The molecule has 0 radical (unpaired) electrons. The van der Waals surface area contributed by atoms with E-state index in [9.17, 15) is 4.79 Å². The molecular weight excluding hydrogens is 354 g/mol. The van der Waals surface area contributed by atoms with Crippen LogP contribution in [0.5, 0.6) is 17.2 Å². The maximum Gasteiger partial charge on any atom is 0.253 e. The molecule has 0 atom stereocenters. The molecule has 0 saturated carbocycles. The second kappa shape index (κ2) is 9.34. The molecule has 26 heavy (non-hydrogen) atoms. The van der Waals surface area contributed by atoms with Crippen molar-refractivity contribution in [2.75, 3.05) is 27.3 Å². The average molecular weight is 378 g/mol. The van der Waals surface area contributed by atoms with Gasteiger partial charge in [-0.25, -0.2) is 0 Å². The van der Waals surface area contributed by atoms with Gasteiger partial charge in [-0.3, -0.25) is 4.79 Å². The van der Waals surface area contributed by atoms with Gasteiger partial charge >= 0.3 is 0 Å². The molecule has 5 nitrogen and oxygen atoms in total. The first kappa shape index (κ1) is 19.9. The van der Waals surface area contributed by atoms with Crippen LogP contribution in [0.4, 0.5) is 0 Å². The Kier molecular flexibility index (Phi) is 7.16. The van der Waals surface area contributed by atoms with Crippen molar-refractivity contribution in [3.8, 4) is 17.2 Å². The normalized spacial score (nSPS) is 10.5. The molecule has 0 unspecified atom stereocenters. The van der Waals surface area contributed by atoms with E-state index in [1.54, 1.807) is 49.4 Å². The summed E-state index contributed by atoms with van der Waals surface area (Å²) in [5.74, 6) is 1.71. The minimum Gasteiger partial charge on any atom is -0.493 e.